The lowest BCUT2D eigenvalue weighted by molar-refractivity contribution is -0.144. The number of carbonyl (C=O) groups is 3. The molecule has 5 heterocycles. The van der Waals surface area contributed by atoms with E-state index in [1.54, 1.807) is 17.0 Å². The number of piperazine rings is 1. The highest BCUT2D eigenvalue weighted by Gasteiger charge is 2.45. The fraction of sp³-hybridized carbons (Fsp3) is 0.667. The molecule has 5 rings (SSSR count). The van der Waals surface area contributed by atoms with Crippen molar-refractivity contribution < 1.29 is 18.8 Å². The maximum absolute atomic E-state index is 13.2. The van der Waals surface area contributed by atoms with Crippen molar-refractivity contribution in [2.45, 2.75) is 31.7 Å². The Morgan fingerprint density at radius 1 is 1.00 bits per heavy atom. The molecule has 0 spiro atoms. The minimum absolute atomic E-state index is 0.0837. The number of urea groups is 1. The maximum atomic E-state index is 13.2. The van der Waals surface area contributed by atoms with Gasteiger partial charge >= 0.3 is 6.03 Å². The number of amides is 4. The largest absolute Gasteiger partial charge is 0.459 e. The van der Waals surface area contributed by atoms with Crippen LogP contribution >= 0.6 is 0 Å². The SMILES string of the molecule is O=C(c1ccco1)N1CCN(C(=O)N2CC3CC(C2)[C@H]2CCCC(=O)N2C3)CC1. The first-order valence-electron chi connectivity index (χ1n) is 10.8. The Morgan fingerprint density at radius 3 is 2.55 bits per heavy atom. The zero-order valence-corrected chi connectivity index (χ0v) is 16.7. The summed E-state index contributed by atoms with van der Waals surface area (Å²) in [5.41, 5.74) is 0. The molecule has 4 saturated heterocycles. The number of fused-ring (bicyclic) bond motifs is 4. The number of hydrogen-bond acceptors (Lipinski definition) is 4. The lowest BCUT2D eigenvalue weighted by Gasteiger charge is -2.53. The Balaban J connectivity index is 1.19. The van der Waals surface area contributed by atoms with Crippen molar-refractivity contribution in [1.29, 1.82) is 0 Å². The van der Waals surface area contributed by atoms with E-state index in [2.05, 4.69) is 4.90 Å². The second-order valence-electron chi connectivity index (χ2n) is 8.81. The Bertz CT molecular complexity index is 787. The molecule has 1 aromatic heterocycles. The van der Waals surface area contributed by atoms with Gasteiger partial charge in [-0.15, -0.1) is 0 Å². The summed E-state index contributed by atoms with van der Waals surface area (Å²) in [6.45, 7) is 4.42. The van der Waals surface area contributed by atoms with Gasteiger partial charge in [0.05, 0.1) is 6.26 Å². The topological polar surface area (TPSA) is 77.3 Å². The van der Waals surface area contributed by atoms with Crippen molar-refractivity contribution >= 4 is 17.8 Å². The van der Waals surface area contributed by atoms with E-state index in [9.17, 15) is 14.4 Å². The predicted octanol–water partition coefficient (Wildman–Crippen LogP) is 1.49. The Labute approximate surface area is 170 Å². The summed E-state index contributed by atoms with van der Waals surface area (Å²) in [4.78, 5) is 45.6. The third-order valence-corrected chi connectivity index (χ3v) is 7.02. The van der Waals surface area contributed by atoms with Gasteiger partial charge in [-0.25, -0.2) is 4.79 Å². The summed E-state index contributed by atoms with van der Waals surface area (Å²) < 4.78 is 5.20. The highest BCUT2D eigenvalue weighted by Crippen LogP contribution is 2.38. The summed E-state index contributed by atoms with van der Waals surface area (Å²) in [5, 5.41) is 0. The smallest absolute Gasteiger partial charge is 0.320 e. The molecule has 4 aliphatic rings. The maximum Gasteiger partial charge on any atom is 0.320 e. The zero-order chi connectivity index (χ0) is 20.0. The molecule has 4 amide bonds. The minimum atomic E-state index is -0.114. The van der Waals surface area contributed by atoms with E-state index < -0.39 is 0 Å². The summed E-state index contributed by atoms with van der Waals surface area (Å²) in [6, 6.07) is 3.78. The highest BCUT2D eigenvalue weighted by atomic mass is 16.3. The number of furan rings is 1. The molecule has 8 nitrogen and oxygen atoms in total. The molecule has 0 aliphatic carbocycles. The van der Waals surface area contributed by atoms with E-state index in [0.29, 0.717) is 62.1 Å². The zero-order valence-electron chi connectivity index (χ0n) is 16.7. The average molecular weight is 400 g/mol. The Hall–Kier alpha value is -2.51. The standard InChI is InChI=1S/C21H28N4O4/c26-19-5-1-3-17-16-11-15(13-25(17)19)12-24(14-16)21(28)23-8-6-22(7-9-23)20(27)18-4-2-10-29-18/h2,4,10,15-17H,1,3,5-9,11-14H2/t15?,16?,17-/m1/s1. The van der Waals surface area contributed by atoms with Crippen molar-refractivity contribution in [1.82, 2.24) is 19.6 Å². The van der Waals surface area contributed by atoms with E-state index >= 15 is 0 Å². The first-order chi connectivity index (χ1) is 14.1. The molecule has 0 aromatic carbocycles. The van der Waals surface area contributed by atoms with E-state index in [0.717, 1.165) is 38.9 Å². The summed E-state index contributed by atoms with van der Waals surface area (Å²) in [7, 11) is 0. The molecule has 4 aliphatic heterocycles. The number of piperidine rings is 3. The summed E-state index contributed by atoms with van der Waals surface area (Å²) in [6.07, 6.45) is 5.35. The van der Waals surface area contributed by atoms with Crippen LogP contribution in [0, 0.1) is 11.8 Å². The van der Waals surface area contributed by atoms with Crippen LogP contribution in [0.4, 0.5) is 4.79 Å². The third-order valence-electron chi connectivity index (χ3n) is 7.02. The highest BCUT2D eigenvalue weighted by molar-refractivity contribution is 5.91. The predicted molar refractivity (Wildman–Crippen MR) is 104 cm³/mol. The molecule has 0 saturated carbocycles. The Kier molecular flexibility index (Phi) is 4.72. The fourth-order valence-corrected chi connectivity index (χ4v) is 5.62. The second-order valence-corrected chi connectivity index (χ2v) is 8.81. The van der Waals surface area contributed by atoms with E-state index in [-0.39, 0.29) is 11.9 Å². The van der Waals surface area contributed by atoms with E-state index in [1.807, 2.05) is 9.80 Å². The van der Waals surface area contributed by atoms with Gasteiger partial charge in [0.1, 0.15) is 0 Å². The number of hydrogen-bond donors (Lipinski definition) is 0. The minimum Gasteiger partial charge on any atom is -0.459 e. The van der Waals surface area contributed by atoms with Gasteiger partial charge in [0.2, 0.25) is 5.91 Å². The molecule has 2 unspecified atom stereocenters. The number of carbonyl (C=O) groups excluding carboxylic acids is 3. The monoisotopic (exact) mass is 400 g/mol. The van der Waals surface area contributed by atoms with Crippen molar-refractivity contribution in [3.8, 4) is 0 Å². The lowest BCUT2D eigenvalue weighted by atomic mass is 9.76. The van der Waals surface area contributed by atoms with Crippen LogP contribution < -0.4 is 0 Å². The normalized spacial score (nSPS) is 29.7. The van der Waals surface area contributed by atoms with E-state index in [4.69, 9.17) is 4.42 Å². The van der Waals surface area contributed by atoms with Gasteiger partial charge in [-0.05, 0) is 43.2 Å². The van der Waals surface area contributed by atoms with Crippen molar-refractivity contribution in [3.05, 3.63) is 24.2 Å². The molecule has 0 N–H and O–H groups in total. The van der Waals surface area contributed by atoms with Crippen LogP contribution in [0.15, 0.2) is 22.8 Å². The molecule has 29 heavy (non-hydrogen) atoms. The van der Waals surface area contributed by atoms with E-state index in [1.165, 1.54) is 6.26 Å². The fourth-order valence-electron chi connectivity index (χ4n) is 5.62. The molecule has 8 heteroatoms. The van der Waals surface area contributed by atoms with Crippen LogP contribution in [0.2, 0.25) is 0 Å². The van der Waals surface area contributed by atoms with Gasteiger partial charge in [-0.2, -0.15) is 0 Å². The molecular weight excluding hydrogens is 372 g/mol. The van der Waals surface area contributed by atoms with Crippen molar-refractivity contribution in [2.24, 2.45) is 11.8 Å². The van der Waals surface area contributed by atoms with Gasteiger partial charge in [0.15, 0.2) is 5.76 Å². The average Bonchev–Trinajstić information content (AvgIpc) is 3.28. The molecule has 0 radical (unpaired) electrons. The third kappa shape index (κ3) is 3.38. The number of rotatable bonds is 1. The van der Waals surface area contributed by atoms with Crippen LogP contribution in [-0.4, -0.2) is 89.3 Å². The van der Waals surface area contributed by atoms with Crippen LogP contribution in [0.5, 0.6) is 0 Å². The lowest BCUT2D eigenvalue weighted by Crippen LogP contribution is -2.63. The van der Waals surface area contributed by atoms with Crippen molar-refractivity contribution in [2.75, 3.05) is 45.8 Å². The molecular formula is C21H28N4O4. The molecule has 4 fully saturated rings. The first kappa shape index (κ1) is 18.5. The molecule has 2 bridgehead atoms. The van der Waals surface area contributed by atoms with Gasteiger partial charge in [0.25, 0.3) is 5.91 Å². The Morgan fingerprint density at radius 2 is 1.79 bits per heavy atom. The number of likely N-dealkylation sites (tertiary alicyclic amines) is 1. The summed E-state index contributed by atoms with van der Waals surface area (Å²) >= 11 is 0. The van der Waals surface area contributed by atoms with Gasteiger partial charge < -0.3 is 24.0 Å². The molecule has 1 aromatic rings. The quantitative estimate of drug-likeness (QED) is 0.716. The van der Waals surface area contributed by atoms with Gasteiger partial charge in [-0.1, -0.05) is 0 Å². The summed E-state index contributed by atoms with van der Waals surface area (Å²) in [5.74, 6) is 1.32. The second kappa shape index (κ2) is 7.39. The number of nitrogens with zero attached hydrogens (tertiary/aromatic N) is 4. The van der Waals surface area contributed by atoms with Gasteiger partial charge in [0, 0.05) is 58.3 Å². The van der Waals surface area contributed by atoms with Crippen molar-refractivity contribution in [3.63, 3.8) is 0 Å². The first-order valence-corrected chi connectivity index (χ1v) is 10.8. The van der Waals surface area contributed by atoms with Crippen LogP contribution in [-0.2, 0) is 4.79 Å². The molecule has 156 valence electrons. The van der Waals surface area contributed by atoms with Crippen LogP contribution in [0.3, 0.4) is 0 Å². The molecule has 3 atom stereocenters. The van der Waals surface area contributed by atoms with Crippen LogP contribution in [0.1, 0.15) is 36.2 Å². The van der Waals surface area contributed by atoms with Gasteiger partial charge in [-0.3, -0.25) is 9.59 Å². The van der Waals surface area contributed by atoms with Crippen LogP contribution in [0.25, 0.3) is 0 Å².